The number of halogens is 2. The second-order valence-corrected chi connectivity index (χ2v) is 10.6. The van der Waals surface area contributed by atoms with Gasteiger partial charge in [-0.3, -0.25) is 4.79 Å². The van der Waals surface area contributed by atoms with Gasteiger partial charge in [-0.15, -0.1) is 10.2 Å². The maximum Gasteiger partial charge on any atom is 0.226 e. The van der Waals surface area contributed by atoms with Crippen LogP contribution in [0.1, 0.15) is 46.1 Å². The Morgan fingerprint density at radius 1 is 1.38 bits per heavy atom. The van der Waals surface area contributed by atoms with Gasteiger partial charge in [0.15, 0.2) is 4.34 Å². The third-order valence-electron chi connectivity index (χ3n) is 3.51. The van der Waals surface area contributed by atoms with Gasteiger partial charge in [-0.2, -0.15) is 0 Å². The van der Waals surface area contributed by atoms with Crippen LogP contribution < -0.4 is 5.32 Å². The summed E-state index contributed by atoms with van der Waals surface area (Å²) in [7, 11) is 0. The summed E-state index contributed by atoms with van der Waals surface area (Å²) in [4.78, 5) is 12.1. The van der Waals surface area contributed by atoms with Crippen molar-refractivity contribution in [1.82, 2.24) is 10.2 Å². The Labute approximate surface area is 170 Å². The van der Waals surface area contributed by atoms with E-state index in [0.717, 1.165) is 6.42 Å². The average molecular weight is 460 g/mol. The lowest BCUT2D eigenvalue weighted by Crippen LogP contribution is -2.18. The molecule has 1 heterocycles. The molecule has 1 N–H and O–H groups in total. The van der Waals surface area contributed by atoms with E-state index in [4.69, 9.17) is 0 Å². The van der Waals surface area contributed by atoms with Crippen molar-refractivity contribution in [2.24, 2.45) is 11.3 Å². The Morgan fingerprint density at radius 3 is 2.77 bits per heavy atom. The first-order valence-corrected chi connectivity index (χ1v) is 10.9. The number of nitrogens with zero attached hydrogens (tertiary/aromatic N) is 2. The quantitative estimate of drug-likeness (QED) is 0.399. The molecule has 0 saturated carbocycles. The van der Waals surface area contributed by atoms with Crippen molar-refractivity contribution >= 4 is 50.1 Å². The Bertz CT molecular complexity index is 761. The number of hydrogen-bond donors (Lipinski definition) is 1. The SMILES string of the molecule is CC(CC(=O)Nc1nnc(SCc2ccc(Br)cc2F)s1)CC(C)(C)C. The smallest absolute Gasteiger partial charge is 0.226 e. The maximum absolute atomic E-state index is 13.8. The third kappa shape index (κ3) is 7.32. The molecule has 1 unspecified atom stereocenters. The second-order valence-electron chi connectivity index (χ2n) is 7.52. The first-order chi connectivity index (χ1) is 12.1. The molecule has 1 aromatic heterocycles. The van der Waals surface area contributed by atoms with Crippen LogP contribution in [0.3, 0.4) is 0 Å². The Balaban J connectivity index is 1.84. The number of anilines is 1. The number of carbonyl (C=O) groups is 1. The second kappa shape index (κ2) is 9.28. The van der Waals surface area contributed by atoms with Crippen LogP contribution in [0.15, 0.2) is 27.0 Å². The first kappa shape index (κ1) is 21.3. The minimum atomic E-state index is -0.252. The molecular formula is C18H23BrFN3OS2. The van der Waals surface area contributed by atoms with Gasteiger partial charge in [0.05, 0.1) is 0 Å². The minimum Gasteiger partial charge on any atom is -0.300 e. The molecule has 1 atom stereocenters. The third-order valence-corrected chi connectivity index (χ3v) is 6.03. The number of carbonyl (C=O) groups excluding carboxylic acids is 1. The summed E-state index contributed by atoms with van der Waals surface area (Å²) in [5.74, 6) is 0.466. The van der Waals surface area contributed by atoms with Gasteiger partial charge in [0.2, 0.25) is 11.0 Å². The van der Waals surface area contributed by atoms with Crippen LogP contribution in [0.4, 0.5) is 9.52 Å². The van der Waals surface area contributed by atoms with Crippen molar-refractivity contribution in [3.63, 3.8) is 0 Å². The number of rotatable bonds is 7. The Morgan fingerprint density at radius 2 is 2.12 bits per heavy atom. The minimum absolute atomic E-state index is 0.0478. The molecular weight excluding hydrogens is 437 g/mol. The van der Waals surface area contributed by atoms with Crippen LogP contribution in [0.2, 0.25) is 0 Å². The molecule has 0 aliphatic heterocycles. The highest BCUT2D eigenvalue weighted by atomic mass is 79.9. The summed E-state index contributed by atoms with van der Waals surface area (Å²) in [6, 6.07) is 5.00. The molecule has 2 aromatic rings. The van der Waals surface area contributed by atoms with E-state index in [9.17, 15) is 9.18 Å². The maximum atomic E-state index is 13.8. The summed E-state index contributed by atoms with van der Waals surface area (Å²) in [5, 5.41) is 11.3. The van der Waals surface area contributed by atoms with Crippen molar-refractivity contribution in [3.8, 4) is 0 Å². The molecule has 8 heteroatoms. The van der Waals surface area contributed by atoms with Crippen molar-refractivity contribution in [2.75, 3.05) is 5.32 Å². The van der Waals surface area contributed by atoms with Crippen LogP contribution >= 0.6 is 39.0 Å². The summed E-state index contributed by atoms with van der Waals surface area (Å²) >= 11 is 5.95. The lowest BCUT2D eigenvalue weighted by molar-refractivity contribution is -0.117. The molecule has 26 heavy (non-hydrogen) atoms. The number of aromatic nitrogens is 2. The molecule has 0 aliphatic rings. The predicted molar refractivity (Wildman–Crippen MR) is 110 cm³/mol. The number of amides is 1. The highest BCUT2D eigenvalue weighted by Gasteiger charge is 2.18. The van der Waals surface area contributed by atoms with Crippen molar-refractivity contribution < 1.29 is 9.18 Å². The number of nitrogens with one attached hydrogen (secondary N) is 1. The van der Waals surface area contributed by atoms with Gasteiger partial charge in [-0.1, -0.05) is 72.8 Å². The fourth-order valence-corrected chi connectivity index (χ4v) is 4.79. The summed E-state index contributed by atoms with van der Waals surface area (Å²) < 4.78 is 15.2. The van der Waals surface area contributed by atoms with Gasteiger partial charge < -0.3 is 5.32 Å². The van der Waals surface area contributed by atoms with Crippen LogP contribution in [-0.2, 0) is 10.5 Å². The Kier molecular flexibility index (Phi) is 7.61. The van der Waals surface area contributed by atoms with E-state index >= 15 is 0 Å². The number of hydrogen-bond acceptors (Lipinski definition) is 5. The normalized spacial score (nSPS) is 12.8. The molecule has 1 aromatic carbocycles. The van der Waals surface area contributed by atoms with E-state index in [-0.39, 0.29) is 17.1 Å². The summed E-state index contributed by atoms with van der Waals surface area (Å²) in [6.07, 6.45) is 1.44. The number of benzene rings is 1. The van der Waals surface area contributed by atoms with Crippen LogP contribution in [0.5, 0.6) is 0 Å². The Hall–Kier alpha value is -0.990. The molecule has 0 aliphatic carbocycles. The zero-order valence-electron chi connectivity index (χ0n) is 15.3. The fraction of sp³-hybridized carbons (Fsp3) is 0.500. The fourth-order valence-electron chi connectivity index (χ4n) is 2.70. The van der Waals surface area contributed by atoms with E-state index < -0.39 is 0 Å². The van der Waals surface area contributed by atoms with Gasteiger partial charge in [0.25, 0.3) is 0 Å². The van der Waals surface area contributed by atoms with Crippen LogP contribution in [0, 0.1) is 17.2 Å². The highest BCUT2D eigenvalue weighted by Crippen LogP contribution is 2.30. The van der Waals surface area contributed by atoms with E-state index in [1.54, 1.807) is 6.07 Å². The van der Waals surface area contributed by atoms with Crippen LogP contribution in [0.25, 0.3) is 0 Å². The van der Waals surface area contributed by atoms with Gasteiger partial charge in [0.1, 0.15) is 5.82 Å². The standard InChI is InChI=1S/C18H23BrFN3OS2/c1-11(9-18(2,3)4)7-15(24)21-16-22-23-17(26-16)25-10-12-5-6-13(19)8-14(12)20/h5-6,8,11H,7,9-10H2,1-4H3,(H,21,22,24). The monoisotopic (exact) mass is 459 g/mol. The largest absolute Gasteiger partial charge is 0.300 e. The molecule has 0 spiro atoms. The number of thioether (sulfide) groups is 1. The highest BCUT2D eigenvalue weighted by molar-refractivity contribution is 9.10. The van der Waals surface area contributed by atoms with Crippen LogP contribution in [-0.4, -0.2) is 16.1 Å². The lowest BCUT2D eigenvalue weighted by atomic mass is 9.84. The molecule has 0 saturated heterocycles. The molecule has 1 amide bonds. The van der Waals surface area contributed by atoms with Crippen molar-refractivity contribution in [1.29, 1.82) is 0 Å². The summed E-state index contributed by atoms with van der Waals surface area (Å²) in [6.45, 7) is 8.59. The summed E-state index contributed by atoms with van der Waals surface area (Å²) in [5.41, 5.74) is 0.809. The zero-order valence-corrected chi connectivity index (χ0v) is 18.5. The molecule has 0 bridgehead atoms. The van der Waals surface area contributed by atoms with E-state index in [1.165, 1.54) is 29.2 Å². The molecule has 0 fully saturated rings. The van der Waals surface area contributed by atoms with Crippen molar-refractivity contribution in [2.45, 2.75) is 50.6 Å². The van der Waals surface area contributed by atoms with Crippen molar-refractivity contribution in [3.05, 3.63) is 34.1 Å². The average Bonchev–Trinajstić information content (AvgIpc) is 2.91. The molecule has 142 valence electrons. The van der Waals surface area contributed by atoms with E-state index in [1.807, 2.05) is 6.07 Å². The van der Waals surface area contributed by atoms with E-state index in [0.29, 0.717) is 37.6 Å². The molecule has 2 rings (SSSR count). The topological polar surface area (TPSA) is 54.9 Å². The van der Waals surface area contributed by atoms with E-state index in [2.05, 4.69) is 59.1 Å². The van der Waals surface area contributed by atoms with Gasteiger partial charge in [0, 0.05) is 16.6 Å². The molecule has 0 radical (unpaired) electrons. The van der Waals surface area contributed by atoms with Gasteiger partial charge in [-0.05, 0) is 35.4 Å². The zero-order chi connectivity index (χ0) is 19.3. The van der Waals surface area contributed by atoms with Gasteiger partial charge in [-0.25, -0.2) is 4.39 Å². The predicted octanol–water partition coefficient (Wildman–Crippen LogP) is 6.13. The van der Waals surface area contributed by atoms with Gasteiger partial charge >= 0.3 is 0 Å². The molecule has 4 nitrogen and oxygen atoms in total. The lowest BCUT2D eigenvalue weighted by Gasteiger charge is -2.22. The first-order valence-electron chi connectivity index (χ1n) is 8.32.